The van der Waals surface area contributed by atoms with Crippen molar-refractivity contribution < 1.29 is 14.6 Å². The van der Waals surface area contributed by atoms with Crippen LogP contribution in [0.25, 0.3) is 0 Å². The van der Waals surface area contributed by atoms with Crippen molar-refractivity contribution in [1.29, 1.82) is 0 Å². The van der Waals surface area contributed by atoms with Crippen molar-refractivity contribution in [3.8, 4) is 0 Å². The minimum Gasteiger partial charge on any atom is -0.390 e. The molecule has 15 heavy (non-hydrogen) atoms. The largest absolute Gasteiger partial charge is 0.390 e. The van der Waals surface area contributed by atoms with E-state index in [-0.39, 0.29) is 11.7 Å². The van der Waals surface area contributed by atoms with Gasteiger partial charge in [0, 0.05) is 13.7 Å². The molecule has 0 bridgehead atoms. The molecule has 3 heteroatoms. The van der Waals surface area contributed by atoms with E-state index >= 15 is 0 Å². The summed E-state index contributed by atoms with van der Waals surface area (Å²) in [5, 5.41) is 10.1. The maximum Gasteiger partial charge on any atom is 0.0936 e. The van der Waals surface area contributed by atoms with Gasteiger partial charge in [0.05, 0.1) is 17.8 Å². The lowest BCUT2D eigenvalue weighted by atomic mass is 9.74. The summed E-state index contributed by atoms with van der Waals surface area (Å²) in [6.45, 7) is 0.899. The SMILES string of the molecule is COC1(C(O)CCC2CCCO2)CCC1. The number of aliphatic hydroxyl groups is 1. The second-order valence-corrected chi connectivity index (χ2v) is 4.85. The molecular weight excluding hydrogens is 192 g/mol. The zero-order chi connectivity index (χ0) is 10.7. The van der Waals surface area contributed by atoms with Crippen molar-refractivity contribution in [2.45, 2.75) is 62.8 Å². The van der Waals surface area contributed by atoms with Crippen LogP contribution in [0.3, 0.4) is 0 Å². The van der Waals surface area contributed by atoms with Gasteiger partial charge >= 0.3 is 0 Å². The molecule has 0 aromatic heterocycles. The first kappa shape index (κ1) is 11.4. The zero-order valence-corrected chi connectivity index (χ0v) is 9.58. The van der Waals surface area contributed by atoms with Gasteiger partial charge in [-0.15, -0.1) is 0 Å². The molecule has 2 unspecified atom stereocenters. The smallest absolute Gasteiger partial charge is 0.0936 e. The highest BCUT2D eigenvalue weighted by Gasteiger charge is 2.43. The van der Waals surface area contributed by atoms with Crippen LogP contribution >= 0.6 is 0 Å². The maximum absolute atomic E-state index is 10.1. The Hall–Kier alpha value is -0.120. The lowest BCUT2D eigenvalue weighted by Crippen LogP contribution is -2.50. The minimum atomic E-state index is -0.305. The lowest BCUT2D eigenvalue weighted by molar-refractivity contribution is -0.153. The molecule has 3 nitrogen and oxygen atoms in total. The highest BCUT2D eigenvalue weighted by Crippen LogP contribution is 2.39. The summed E-state index contributed by atoms with van der Waals surface area (Å²) in [5.41, 5.74) is -0.224. The second-order valence-electron chi connectivity index (χ2n) is 4.85. The Morgan fingerprint density at radius 3 is 2.73 bits per heavy atom. The van der Waals surface area contributed by atoms with Crippen LogP contribution < -0.4 is 0 Å². The molecule has 2 fully saturated rings. The molecule has 1 aliphatic heterocycles. The third kappa shape index (κ3) is 2.35. The summed E-state index contributed by atoms with van der Waals surface area (Å²) in [6.07, 6.45) is 7.42. The van der Waals surface area contributed by atoms with Crippen molar-refractivity contribution in [3.63, 3.8) is 0 Å². The highest BCUT2D eigenvalue weighted by molar-refractivity contribution is 4.95. The van der Waals surface area contributed by atoms with Gasteiger partial charge in [-0.3, -0.25) is 0 Å². The fourth-order valence-corrected chi connectivity index (χ4v) is 2.68. The summed E-state index contributed by atoms with van der Waals surface area (Å²) in [7, 11) is 1.72. The summed E-state index contributed by atoms with van der Waals surface area (Å²) in [5.74, 6) is 0. The van der Waals surface area contributed by atoms with Crippen LogP contribution in [0.1, 0.15) is 44.9 Å². The van der Waals surface area contributed by atoms with Crippen molar-refractivity contribution >= 4 is 0 Å². The number of hydrogen-bond acceptors (Lipinski definition) is 3. The number of aliphatic hydroxyl groups excluding tert-OH is 1. The standard InChI is InChI=1S/C12H22O3/c1-14-12(7-3-8-12)11(13)6-5-10-4-2-9-15-10/h10-11,13H,2-9H2,1H3. The van der Waals surface area contributed by atoms with Gasteiger partial charge in [0.1, 0.15) is 0 Å². The Morgan fingerprint density at radius 1 is 1.47 bits per heavy atom. The fraction of sp³-hybridized carbons (Fsp3) is 1.00. The van der Waals surface area contributed by atoms with Gasteiger partial charge in [-0.25, -0.2) is 0 Å². The molecule has 1 aliphatic carbocycles. The van der Waals surface area contributed by atoms with Gasteiger partial charge in [0.25, 0.3) is 0 Å². The predicted octanol–water partition coefficient (Wildman–Crippen LogP) is 1.88. The van der Waals surface area contributed by atoms with Crippen molar-refractivity contribution in [1.82, 2.24) is 0 Å². The Labute approximate surface area is 91.8 Å². The number of methoxy groups -OCH3 is 1. The van der Waals surface area contributed by atoms with Gasteiger partial charge < -0.3 is 14.6 Å². The van der Waals surface area contributed by atoms with Gasteiger partial charge in [0.2, 0.25) is 0 Å². The molecule has 1 heterocycles. The van der Waals surface area contributed by atoms with Crippen LogP contribution in [0.15, 0.2) is 0 Å². The van der Waals surface area contributed by atoms with Crippen LogP contribution in [0.2, 0.25) is 0 Å². The number of rotatable bonds is 5. The molecule has 2 atom stereocenters. The molecule has 2 aliphatic rings. The van der Waals surface area contributed by atoms with Crippen LogP contribution in [-0.2, 0) is 9.47 Å². The van der Waals surface area contributed by atoms with Crippen LogP contribution in [0.5, 0.6) is 0 Å². The van der Waals surface area contributed by atoms with E-state index in [9.17, 15) is 5.11 Å². The van der Waals surface area contributed by atoms with Crippen molar-refractivity contribution in [2.75, 3.05) is 13.7 Å². The van der Waals surface area contributed by atoms with E-state index in [2.05, 4.69) is 0 Å². The fourth-order valence-electron chi connectivity index (χ4n) is 2.68. The summed E-state index contributed by atoms with van der Waals surface area (Å²) in [6, 6.07) is 0. The second kappa shape index (κ2) is 4.81. The number of hydrogen-bond donors (Lipinski definition) is 1. The quantitative estimate of drug-likeness (QED) is 0.759. The number of ether oxygens (including phenoxy) is 2. The zero-order valence-electron chi connectivity index (χ0n) is 9.58. The Kier molecular flexibility index (Phi) is 3.65. The third-order valence-corrected chi connectivity index (χ3v) is 4.00. The predicted molar refractivity (Wildman–Crippen MR) is 57.8 cm³/mol. The summed E-state index contributed by atoms with van der Waals surface area (Å²) < 4.78 is 11.0. The first-order valence-corrected chi connectivity index (χ1v) is 6.12. The molecule has 0 aromatic carbocycles. The first-order valence-electron chi connectivity index (χ1n) is 6.12. The topological polar surface area (TPSA) is 38.7 Å². The van der Waals surface area contributed by atoms with E-state index in [1.54, 1.807) is 7.11 Å². The third-order valence-electron chi connectivity index (χ3n) is 4.00. The molecular formula is C12H22O3. The first-order chi connectivity index (χ1) is 7.27. The van der Waals surface area contributed by atoms with E-state index in [4.69, 9.17) is 9.47 Å². The molecule has 0 amide bonds. The van der Waals surface area contributed by atoms with Crippen LogP contribution in [0.4, 0.5) is 0 Å². The molecule has 1 saturated heterocycles. The van der Waals surface area contributed by atoms with Crippen molar-refractivity contribution in [3.05, 3.63) is 0 Å². The molecule has 0 aromatic rings. The molecule has 1 N–H and O–H groups in total. The minimum absolute atomic E-state index is 0.224. The van der Waals surface area contributed by atoms with Crippen LogP contribution in [0, 0.1) is 0 Å². The van der Waals surface area contributed by atoms with E-state index in [1.807, 2.05) is 0 Å². The average molecular weight is 214 g/mol. The maximum atomic E-state index is 10.1. The average Bonchev–Trinajstić information content (AvgIpc) is 2.66. The van der Waals surface area contributed by atoms with Gasteiger partial charge in [-0.05, 0) is 44.9 Å². The molecule has 88 valence electrons. The van der Waals surface area contributed by atoms with E-state index in [1.165, 1.54) is 12.8 Å². The Balaban J connectivity index is 1.73. The molecule has 1 saturated carbocycles. The Morgan fingerprint density at radius 2 is 2.27 bits per heavy atom. The van der Waals surface area contributed by atoms with Gasteiger partial charge in [-0.1, -0.05) is 0 Å². The van der Waals surface area contributed by atoms with Gasteiger partial charge in [-0.2, -0.15) is 0 Å². The Bertz CT molecular complexity index is 190. The van der Waals surface area contributed by atoms with Crippen LogP contribution in [-0.4, -0.2) is 36.6 Å². The molecule has 0 radical (unpaired) electrons. The highest BCUT2D eigenvalue weighted by atomic mass is 16.5. The van der Waals surface area contributed by atoms with Crippen molar-refractivity contribution in [2.24, 2.45) is 0 Å². The summed E-state index contributed by atoms with van der Waals surface area (Å²) in [4.78, 5) is 0. The normalized spacial score (nSPS) is 31.2. The van der Waals surface area contributed by atoms with E-state index in [0.717, 1.165) is 38.7 Å². The van der Waals surface area contributed by atoms with Gasteiger partial charge in [0.15, 0.2) is 0 Å². The lowest BCUT2D eigenvalue weighted by Gasteiger charge is -2.44. The monoisotopic (exact) mass is 214 g/mol. The molecule has 0 spiro atoms. The summed E-state index contributed by atoms with van der Waals surface area (Å²) >= 11 is 0. The molecule has 2 rings (SSSR count). The van der Waals surface area contributed by atoms with E-state index in [0.29, 0.717) is 6.10 Å². The van der Waals surface area contributed by atoms with E-state index < -0.39 is 0 Å².